The van der Waals surface area contributed by atoms with Crippen molar-refractivity contribution in [1.29, 1.82) is 5.26 Å². The normalized spacial score (nSPS) is 32.6. The number of rotatable bonds is 1. The molecule has 0 heterocycles. The fourth-order valence-corrected chi connectivity index (χ4v) is 6.31. The van der Waals surface area contributed by atoms with E-state index in [0.29, 0.717) is 18.4 Å². The van der Waals surface area contributed by atoms with Crippen LogP contribution in [0.4, 0.5) is 0 Å². The van der Waals surface area contributed by atoms with E-state index < -0.39 is 24.3 Å². The number of fused-ring (bicyclic) bond motifs is 3. The van der Waals surface area contributed by atoms with E-state index in [9.17, 15) is 20.0 Å². The molecule has 0 aromatic heterocycles. The maximum Gasteiger partial charge on any atom is 0.196 e. The van der Waals surface area contributed by atoms with Crippen molar-refractivity contribution in [1.82, 2.24) is 0 Å². The number of carbonyl (C=O) groups is 2. The van der Waals surface area contributed by atoms with Crippen LogP contribution in [-0.4, -0.2) is 24.7 Å². The molecule has 1 fully saturated rings. The van der Waals surface area contributed by atoms with E-state index in [1.807, 2.05) is 13.8 Å². The first kappa shape index (κ1) is 22.3. The summed E-state index contributed by atoms with van der Waals surface area (Å²) in [6.45, 7) is 14.1. The molecule has 0 aliphatic heterocycles. The molecule has 0 saturated heterocycles. The first-order valence-corrected chi connectivity index (χ1v) is 14.1. The van der Waals surface area contributed by atoms with Crippen molar-refractivity contribution in [2.75, 3.05) is 0 Å². The smallest absolute Gasteiger partial charge is 0.196 e. The van der Waals surface area contributed by atoms with Gasteiger partial charge in [-0.25, -0.2) is 0 Å². The summed E-state index contributed by atoms with van der Waals surface area (Å²) in [6.07, 6.45) is 5.26. The molecule has 3 rings (SSSR count). The molecule has 3 aliphatic carbocycles. The zero-order valence-electron chi connectivity index (χ0n) is 19.1. The van der Waals surface area contributed by atoms with Crippen LogP contribution in [0.25, 0.3) is 0 Å². The Balaban J connectivity index is 2.28. The second-order valence-corrected chi connectivity index (χ2v) is 15.6. The molecule has 0 unspecified atom stereocenters. The molecule has 0 amide bonds. The van der Waals surface area contributed by atoms with Crippen LogP contribution < -0.4 is 0 Å². The number of hydrogen-bond donors (Lipinski definition) is 1. The van der Waals surface area contributed by atoms with Crippen molar-refractivity contribution < 1.29 is 14.7 Å². The van der Waals surface area contributed by atoms with Gasteiger partial charge in [-0.05, 0) is 55.2 Å². The van der Waals surface area contributed by atoms with E-state index in [1.54, 1.807) is 12.2 Å². The largest absolute Gasteiger partial charge is 0.511 e. The third-order valence-electron chi connectivity index (χ3n) is 7.14. The minimum absolute atomic E-state index is 0.0611. The number of nitriles is 1. The molecule has 4 nitrogen and oxygen atoms in total. The lowest BCUT2D eigenvalue weighted by Crippen LogP contribution is -2.52. The fraction of sp³-hybridized carbons (Fsp3) is 0.560. The molecular formula is C25H31NO3Si. The van der Waals surface area contributed by atoms with Gasteiger partial charge in [0, 0.05) is 11.0 Å². The summed E-state index contributed by atoms with van der Waals surface area (Å²) in [6, 6.07) is 2.05. The number of aliphatic hydroxyl groups is 1. The Bertz CT molecular complexity index is 1030. The highest BCUT2D eigenvalue weighted by atomic mass is 28.3. The van der Waals surface area contributed by atoms with Gasteiger partial charge in [-0.3, -0.25) is 9.59 Å². The van der Waals surface area contributed by atoms with E-state index in [1.165, 1.54) is 6.92 Å². The summed E-state index contributed by atoms with van der Waals surface area (Å²) in [7, 11) is -1.70. The maximum atomic E-state index is 12.7. The molecule has 1 N–H and O–H groups in total. The van der Waals surface area contributed by atoms with Gasteiger partial charge in [0.2, 0.25) is 0 Å². The van der Waals surface area contributed by atoms with Crippen LogP contribution in [-0.2, 0) is 9.59 Å². The molecule has 1 saturated carbocycles. The summed E-state index contributed by atoms with van der Waals surface area (Å²) in [4.78, 5) is 25.1. The second kappa shape index (κ2) is 6.82. The summed E-state index contributed by atoms with van der Waals surface area (Å²) in [5, 5.41) is 20.4. The fourth-order valence-electron chi connectivity index (χ4n) is 5.72. The van der Waals surface area contributed by atoms with Crippen molar-refractivity contribution >= 4 is 19.6 Å². The number of aliphatic hydroxyl groups excluding tert-OH is 1. The second-order valence-electron chi connectivity index (χ2n) is 10.9. The van der Waals surface area contributed by atoms with Gasteiger partial charge in [0.05, 0.1) is 11.0 Å². The van der Waals surface area contributed by atoms with Crippen molar-refractivity contribution in [3.8, 4) is 17.5 Å². The standard InChI is InChI=1S/C25H31NO3Si/c1-16(27)18-14-24(4)20(23(2,3)22(18)29)8-9-25(10-11-30(5,6)7)13-17(15-26)19(28)12-21(24)25/h12-13,20,29H,8-9,14H2,1-7H3/t20-,24-,25+/m0/s1. The predicted octanol–water partition coefficient (Wildman–Crippen LogP) is 5.06. The maximum absolute atomic E-state index is 12.7. The number of allylic oxidation sites excluding steroid dienone is 6. The van der Waals surface area contributed by atoms with Crippen molar-refractivity contribution in [3.05, 3.63) is 34.6 Å². The minimum atomic E-state index is -1.70. The van der Waals surface area contributed by atoms with Crippen molar-refractivity contribution in [2.24, 2.45) is 22.2 Å². The van der Waals surface area contributed by atoms with Crippen LogP contribution in [0.15, 0.2) is 34.6 Å². The van der Waals surface area contributed by atoms with Gasteiger partial charge >= 0.3 is 0 Å². The Labute approximate surface area is 180 Å². The molecule has 0 spiro atoms. The number of nitrogens with zero attached hydrogens (tertiary/aromatic N) is 1. The Morgan fingerprint density at radius 3 is 2.43 bits per heavy atom. The highest BCUT2D eigenvalue weighted by molar-refractivity contribution is 6.83. The average Bonchev–Trinajstić information content (AvgIpc) is 2.63. The first-order chi connectivity index (χ1) is 13.7. The molecule has 3 atom stereocenters. The van der Waals surface area contributed by atoms with Gasteiger partial charge in [-0.1, -0.05) is 46.3 Å². The van der Waals surface area contributed by atoms with E-state index in [4.69, 9.17) is 0 Å². The molecule has 3 aliphatic rings. The summed E-state index contributed by atoms with van der Waals surface area (Å²) < 4.78 is 0. The molecule has 0 aromatic carbocycles. The summed E-state index contributed by atoms with van der Waals surface area (Å²) in [5.41, 5.74) is 3.20. The lowest BCUT2D eigenvalue weighted by atomic mass is 9.44. The lowest BCUT2D eigenvalue weighted by Gasteiger charge is -2.58. The number of carbonyl (C=O) groups excluding carboxylic acids is 2. The van der Waals surface area contributed by atoms with E-state index in [0.717, 1.165) is 12.0 Å². The molecule has 158 valence electrons. The zero-order valence-corrected chi connectivity index (χ0v) is 20.1. The molecule has 5 heteroatoms. The lowest BCUT2D eigenvalue weighted by molar-refractivity contribution is -0.115. The number of hydrogen-bond acceptors (Lipinski definition) is 4. The summed E-state index contributed by atoms with van der Waals surface area (Å²) >= 11 is 0. The van der Waals surface area contributed by atoms with Gasteiger partial charge in [-0.2, -0.15) is 5.26 Å². The van der Waals surface area contributed by atoms with E-state index >= 15 is 0 Å². The van der Waals surface area contributed by atoms with Crippen LogP contribution in [0.3, 0.4) is 0 Å². The summed E-state index contributed by atoms with van der Waals surface area (Å²) in [5.74, 6) is 3.31. The highest BCUT2D eigenvalue weighted by Crippen LogP contribution is 2.66. The Morgan fingerprint density at radius 2 is 1.90 bits per heavy atom. The van der Waals surface area contributed by atoms with Gasteiger partial charge in [0.15, 0.2) is 11.6 Å². The highest BCUT2D eigenvalue weighted by Gasteiger charge is 2.59. The van der Waals surface area contributed by atoms with E-state index in [-0.39, 0.29) is 28.8 Å². The molecule has 0 bridgehead atoms. The molecule has 0 radical (unpaired) electrons. The topological polar surface area (TPSA) is 78.2 Å². The Hall–Kier alpha value is -2.37. The van der Waals surface area contributed by atoms with Gasteiger partial charge < -0.3 is 5.11 Å². The zero-order chi connectivity index (χ0) is 22.7. The third kappa shape index (κ3) is 3.30. The van der Waals surface area contributed by atoms with Crippen LogP contribution in [0.5, 0.6) is 0 Å². The van der Waals surface area contributed by atoms with Crippen LogP contribution >= 0.6 is 0 Å². The quantitative estimate of drug-likeness (QED) is 0.474. The number of ketones is 2. The first-order valence-electron chi connectivity index (χ1n) is 10.6. The average molecular weight is 422 g/mol. The molecule has 30 heavy (non-hydrogen) atoms. The van der Waals surface area contributed by atoms with Gasteiger partial charge in [0.25, 0.3) is 0 Å². The SMILES string of the molecule is CC(=O)C1=C(O)C(C)(C)[C@@H]2CC[C@@]3(C#C[Si](C)(C)C)C=C(C#N)C(=O)C=C3[C@@]2(C)C1. The monoisotopic (exact) mass is 421 g/mol. The Kier molecular flexibility index (Phi) is 5.07. The molecular weight excluding hydrogens is 390 g/mol. The Morgan fingerprint density at radius 1 is 1.27 bits per heavy atom. The van der Waals surface area contributed by atoms with Crippen LogP contribution in [0.2, 0.25) is 19.6 Å². The van der Waals surface area contributed by atoms with Gasteiger partial charge in [0.1, 0.15) is 19.9 Å². The van der Waals surface area contributed by atoms with Crippen LogP contribution in [0.1, 0.15) is 47.0 Å². The molecule has 0 aromatic rings. The van der Waals surface area contributed by atoms with E-state index in [2.05, 4.69) is 44.1 Å². The van der Waals surface area contributed by atoms with Crippen molar-refractivity contribution in [3.63, 3.8) is 0 Å². The van der Waals surface area contributed by atoms with Crippen molar-refractivity contribution in [2.45, 2.75) is 66.6 Å². The van der Waals surface area contributed by atoms with Crippen LogP contribution in [0, 0.1) is 45.0 Å². The minimum Gasteiger partial charge on any atom is -0.511 e. The third-order valence-corrected chi connectivity index (χ3v) is 8.02. The van der Waals surface area contributed by atoms with Gasteiger partial charge in [-0.15, -0.1) is 5.54 Å². The predicted molar refractivity (Wildman–Crippen MR) is 120 cm³/mol. The number of Topliss-reactive ketones (excluding diaryl/α,β-unsaturated/α-hetero) is 1.